The number of ether oxygens (including phenoxy) is 3. The van der Waals surface area contributed by atoms with E-state index in [-0.39, 0.29) is 25.5 Å². The molecule has 1 aliphatic carbocycles. The van der Waals surface area contributed by atoms with Crippen LogP contribution in [-0.2, 0) is 31.9 Å². The number of rotatable bonds is 8. The van der Waals surface area contributed by atoms with Crippen molar-refractivity contribution in [2.75, 3.05) is 26.9 Å². The van der Waals surface area contributed by atoms with Gasteiger partial charge in [-0.1, -0.05) is 0 Å². The zero-order valence-electron chi connectivity index (χ0n) is 27.6. The maximum absolute atomic E-state index is 15.9. The van der Waals surface area contributed by atoms with E-state index in [1.54, 1.807) is 34.6 Å². The van der Waals surface area contributed by atoms with Crippen molar-refractivity contribution in [3.63, 3.8) is 0 Å². The number of fused-ring (bicyclic) bond motifs is 2. The second kappa shape index (κ2) is 12.9. The van der Waals surface area contributed by atoms with Crippen LogP contribution in [0.5, 0.6) is 11.6 Å². The van der Waals surface area contributed by atoms with Gasteiger partial charge in [-0.3, -0.25) is 9.58 Å². The Balaban J connectivity index is 1.82. The SMILES string of the molecule is COCCOc1cc(F)cc(F)c1-c1c(-c2cc3n(n2)[C@@H](C)CN(C(=O)OC(C)(C)C)[C@@H]3C)nc(OS(=O)(=O)C(F)(F)F)c2c1C(F)(F)CC2. The minimum Gasteiger partial charge on any atom is -0.490 e. The second-order valence-corrected chi connectivity index (χ2v) is 14.4. The van der Waals surface area contributed by atoms with Gasteiger partial charge in [-0.2, -0.15) is 26.7 Å². The number of hydrogen-bond acceptors (Lipinski definition) is 9. The fourth-order valence-electron chi connectivity index (χ4n) is 5.86. The molecule has 50 heavy (non-hydrogen) atoms. The van der Waals surface area contributed by atoms with Crippen molar-refractivity contribution in [1.82, 2.24) is 19.7 Å². The largest absolute Gasteiger partial charge is 0.534 e. The molecule has 19 heteroatoms. The molecule has 1 aromatic carbocycles. The standard InChI is InChI=1S/C31H33F7N4O7S/c1-15-14-41(28(43)48-29(3,4)5)16(2)21-13-20(40-42(15)21)26-24(23-19(33)11-17(32)12-22(23)47-10-9-46-6)25-18(7-8-30(25,34)35)27(39-26)49-50(44,45)31(36,37)38/h11-13,15-16H,7-10,14H2,1-6H3/t15-,16+/m0/s1. The molecule has 5 rings (SSSR count). The molecule has 0 spiro atoms. The number of nitrogens with zero attached hydrogens (tertiary/aromatic N) is 4. The van der Waals surface area contributed by atoms with E-state index in [2.05, 4.69) is 14.3 Å². The number of pyridine rings is 1. The van der Waals surface area contributed by atoms with E-state index in [0.717, 1.165) is 6.07 Å². The first kappa shape index (κ1) is 37.1. The molecule has 3 heterocycles. The molecule has 3 aromatic rings. The van der Waals surface area contributed by atoms with E-state index >= 15 is 13.2 Å². The molecule has 0 N–H and O–H groups in total. The number of aromatic nitrogens is 3. The maximum Gasteiger partial charge on any atom is 0.534 e. The number of halogens is 7. The Hall–Kier alpha value is -4.13. The van der Waals surface area contributed by atoms with Gasteiger partial charge in [-0.05, 0) is 47.1 Å². The van der Waals surface area contributed by atoms with Gasteiger partial charge in [-0.25, -0.2) is 27.3 Å². The molecular formula is C31H33F7N4O7S. The molecule has 274 valence electrons. The first-order valence-electron chi connectivity index (χ1n) is 15.2. The zero-order chi connectivity index (χ0) is 37.1. The van der Waals surface area contributed by atoms with Crippen molar-refractivity contribution in [2.24, 2.45) is 0 Å². The summed E-state index contributed by atoms with van der Waals surface area (Å²) in [6, 6.07) is 1.05. The van der Waals surface area contributed by atoms with E-state index in [4.69, 9.17) is 14.2 Å². The first-order chi connectivity index (χ1) is 23.1. The minimum absolute atomic E-state index is 0.0645. The molecule has 0 saturated carbocycles. The normalized spacial score (nSPS) is 18.9. The monoisotopic (exact) mass is 738 g/mol. The number of amides is 1. The predicted molar refractivity (Wildman–Crippen MR) is 162 cm³/mol. The second-order valence-electron chi connectivity index (χ2n) is 12.8. The van der Waals surface area contributed by atoms with Crippen molar-refractivity contribution in [3.8, 4) is 34.1 Å². The average molecular weight is 739 g/mol. The molecule has 0 fully saturated rings. The lowest BCUT2D eigenvalue weighted by Crippen LogP contribution is -2.45. The van der Waals surface area contributed by atoms with E-state index in [1.165, 1.54) is 22.8 Å². The highest BCUT2D eigenvalue weighted by atomic mass is 32.2. The third kappa shape index (κ3) is 6.93. The fourth-order valence-corrected chi connectivity index (χ4v) is 6.30. The Morgan fingerprint density at radius 2 is 1.74 bits per heavy atom. The van der Waals surface area contributed by atoms with Crippen LogP contribution in [-0.4, -0.2) is 72.2 Å². The van der Waals surface area contributed by atoms with E-state index in [0.29, 0.717) is 11.8 Å². The molecule has 0 bridgehead atoms. The van der Waals surface area contributed by atoms with Crippen molar-refractivity contribution >= 4 is 16.2 Å². The van der Waals surface area contributed by atoms with Crippen LogP contribution < -0.4 is 8.92 Å². The summed E-state index contributed by atoms with van der Waals surface area (Å²) in [4.78, 5) is 18.5. The Morgan fingerprint density at radius 1 is 1.06 bits per heavy atom. The summed E-state index contributed by atoms with van der Waals surface area (Å²) in [5.74, 6) is -8.34. The van der Waals surface area contributed by atoms with Gasteiger partial charge in [0.25, 0.3) is 5.92 Å². The van der Waals surface area contributed by atoms with Crippen molar-refractivity contribution in [2.45, 2.75) is 76.6 Å². The summed E-state index contributed by atoms with van der Waals surface area (Å²) >= 11 is 0. The van der Waals surface area contributed by atoms with Gasteiger partial charge in [0.1, 0.15) is 41.0 Å². The van der Waals surface area contributed by atoms with Gasteiger partial charge >= 0.3 is 21.7 Å². The number of carbonyl (C=O) groups is 1. The minimum atomic E-state index is -6.43. The van der Waals surface area contributed by atoms with Crippen molar-refractivity contribution in [3.05, 3.63) is 46.7 Å². The highest BCUT2D eigenvalue weighted by Gasteiger charge is 2.52. The number of methoxy groups -OCH3 is 1. The number of hydrogen-bond donors (Lipinski definition) is 0. The number of benzene rings is 1. The van der Waals surface area contributed by atoms with Crippen molar-refractivity contribution in [1.29, 1.82) is 0 Å². The number of carbonyl (C=O) groups excluding carboxylic acids is 1. The Kier molecular flexibility index (Phi) is 9.57. The van der Waals surface area contributed by atoms with Gasteiger partial charge in [-0.15, -0.1) is 0 Å². The molecule has 0 radical (unpaired) electrons. The smallest absolute Gasteiger partial charge is 0.490 e. The molecule has 11 nitrogen and oxygen atoms in total. The Morgan fingerprint density at radius 3 is 2.36 bits per heavy atom. The average Bonchev–Trinajstić information content (AvgIpc) is 3.56. The van der Waals surface area contributed by atoms with Crippen LogP contribution in [0.25, 0.3) is 22.5 Å². The van der Waals surface area contributed by atoms with Gasteiger partial charge < -0.3 is 18.4 Å². The molecule has 2 atom stereocenters. The Bertz CT molecular complexity index is 1930. The van der Waals surface area contributed by atoms with Crippen LogP contribution in [0.15, 0.2) is 18.2 Å². The summed E-state index contributed by atoms with van der Waals surface area (Å²) in [6.07, 6.45) is -2.43. The lowest BCUT2D eigenvalue weighted by molar-refractivity contribution is -0.0501. The summed E-state index contributed by atoms with van der Waals surface area (Å²) in [5, 5.41) is 4.46. The van der Waals surface area contributed by atoms with Crippen LogP contribution in [0.3, 0.4) is 0 Å². The quantitative estimate of drug-likeness (QED) is 0.104. The van der Waals surface area contributed by atoms with E-state index in [9.17, 15) is 30.8 Å². The van der Waals surface area contributed by atoms with Gasteiger partial charge in [0.15, 0.2) is 0 Å². The third-order valence-electron chi connectivity index (χ3n) is 8.01. The third-order valence-corrected chi connectivity index (χ3v) is 8.95. The predicted octanol–water partition coefficient (Wildman–Crippen LogP) is 7.05. The van der Waals surface area contributed by atoms with E-state index in [1.807, 2.05) is 0 Å². The highest BCUT2D eigenvalue weighted by molar-refractivity contribution is 7.88. The van der Waals surface area contributed by atoms with Crippen LogP contribution >= 0.6 is 0 Å². The topological polar surface area (TPSA) is 122 Å². The fraction of sp³-hybridized carbons (Fsp3) is 0.516. The molecule has 1 amide bonds. The number of alkyl halides is 5. The molecule has 2 aromatic heterocycles. The summed E-state index contributed by atoms with van der Waals surface area (Å²) in [7, 11) is -5.12. The molecule has 2 aliphatic rings. The summed E-state index contributed by atoms with van der Waals surface area (Å²) < 4.78 is 149. The maximum atomic E-state index is 15.9. The van der Waals surface area contributed by atoms with Crippen LogP contribution in [0.4, 0.5) is 35.5 Å². The first-order valence-corrected chi connectivity index (χ1v) is 16.6. The van der Waals surface area contributed by atoms with Crippen LogP contribution in [0, 0.1) is 11.6 Å². The molecule has 0 saturated heterocycles. The van der Waals surface area contributed by atoms with Gasteiger partial charge in [0.05, 0.1) is 29.9 Å². The highest BCUT2D eigenvalue weighted by Crippen LogP contribution is 2.54. The van der Waals surface area contributed by atoms with Gasteiger partial charge in [0.2, 0.25) is 5.88 Å². The van der Waals surface area contributed by atoms with Crippen LogP contribution in [0.1, 0.15) is 69.9 Å². The van der Waals surface area contributed by atoms with Gasteiger partial charge in [0, 0.05) is 48.9 Å². The molecule has 1 aliphatic heterocycles. The zero-order valence-corrected chi connectivity index (χ0v) is 28.4. The lowest BCUT2D eigenvalue weighted by Gasteiger charge is -2.38. The Labute approximate surface area is 282 Å². The molecular weight excluding hydrogens is 705 g/mol. The van der Waals surface area contributed by atoms with E-state index < -0.39 is 109 Å². The lowest BCUT2D eigenvalue weighted by atomic mass is 9.91. The van der Waals surface area contributed by atoms with Crippen molar-refractivity contribution < 1.29 is 62.3 Å². The summed E-state index contributed by atoms with van der Waals surface area (Å²) in [5.41, 5.74) is -10.9. The van der Waals surface area contributed by atoms with Crippen LogP contribution in [0.2, 0.25) is 0 Å². The molecule has 0 unspecified atom stereocenters. The summed E-state index contributed by atoms with van der Waals surface area (Å²) in [6.45, 7) is 7.97.